The Kier molecular flexibility index (Phi) is 7.38. The lowest BCUT2D eigenvalue weighted by Gasteiger charge is -2.59. The number of aliphatic hydroxyl groups excluding tert-OH is 3. The average molecular weight is 685 g/mol. The summed E-state index contributed by atoms with van der Waals surface area (Å²) in [4.78, 5) is 12.4. The zero-order chi connectivity index (χ0) is 35.3. The third-order valence-electron chi connectivity index (χ3n) is 15.2. The van der Waals surface area contributed by atoms with E-state index in [4.69, 9.17) is 23.7 Å². The van der Waals surface area contributed by atoms with Gasteiger partial charge in [-0.2, -0.15) is 0 Å². The third kappa shape index (κ3) is 4.15. The van der Waals surface area contributed by atoms with Crippen molar-refractivity contribution in [1.29, 1.82) is 0 Å². The second-order valence-corrected chi connectivity index (χ2v) is 18.4. The van der Waals surface area contributed by atoms with Crippen LogP contribution in [0.2, 0.25) is 0 Å². The number of esters is 1. The van der Waals surface area contributed by atoms with Crippen molar-refractivity contribution in [2.75, 3.05) is 6.61 Å². The molecular formula is C39H56O10. The van der Waals surface area contributed by atoms with E-state index in [1.165, 1.54) is 11.6 Å². The first-order chi connectivity index (χ1) is 22.8. The number of allylic oxidation sites excluding steroid dienone is 3. The Hall–Kier alpha value is -1.63. The Balaban J connectivity index is 1.11. The number of hydrogen-bond acceptors (Lipinski definition) is 10. The van der Waals surface area contributed by atoms with Gasteiger partial charge in [0.2, 0.25) is 0 Å². The summed E-state index contributed by atoms with van der Waals surface area (Å²) >= 11 is 0. The Morgan fingerprint density at radius 2 is 1.84 bits per heavy atom. The molecule has 6 fully saturated rings. The Morgan fingerprint density at radius 3 is 2.53 bits per heavy atom. The van der Waals surface area contributed by atoms with Crippen LogP contribution >= 0.6 is 0 Å². The van der Waals surface area contributed by atoms with Crippen LogP contribution in [0.1, 0.15) is 87.5 Å². The van der Waals surface area contributed by atoms with Gasteiger partial charge in [0.05, 0.1) is 24.4 Å². The number of rotatable bonds is 5. The molecule has 3 saturated heterocycles. The molecule has 0 radical (unpaired) electrons. The maximum Gasteiger partial charge on any atom is 0.330 e. The molecule has 3 heterocycles. The summed E-state index contributed by atoms with van der Waals surface area (Å²) in [7, 11) is 0. The molecule has 8 rings (SSSR count). The molecule has 5 aliphatic carbocycles. The quantitative estimate of drug-likeness (QED) is 0.191. The Labute approximate surface area is 289 Å². The maximum atomic E-state index is 12.7. The van der Waals surface area contributed by atoms with Gasteiger partial charge in [-0.1, -0.05) is 64.5 Å². The predicted octanol–water partition coefficient (Wildman–Crippen LogP) is 3.94. The van der Waals surface area contributed by atoms with Gasteiger partial charge in [0.1, 0.15) is 24.4 Å². The summed E-state index contributed by atoms with van der Waals surface area (Å²) in [6, 6.07) is 0. The molecule has 272 valence electrons. The minimum absolute atomic E-state index is 0.00961. The lowest BCUT2D eigenvalue weighted by molar-refractivity contribution is -0.292. The second kappa shape index (κ2) is 10.5. The molecule has 3 aliphatic heterocycles. The highest BCUT2D eigenvalue weighted by atomic mass is 16.8. The SMILES string of the molecule is C/C=C/C(=O)O[C@H]1[C@H](O[C@H]2C=C[C@]34C[C@]35CC[C@]3(C)[C@H]6[C@H](C)C[C@H]7O[C@@]6(O[C@@H]7C(C)(C)O)[C@H](O)[C@@]3(C)C5=CCC4C2(C)C)OC[C@H](O)[C@@H]1O. The van der Waals surface area contributed by atoms with Crippen molar-refractivity contribution >= 4 is 5.97 Å². The number of carbonyl (C=O) groups is 1. The first kappa shape index (κ1) is 34.5. The van der Waals surface area contributed by atoms with Crippen LogP contribution < -0.4 is 0 Å². The summed E-state index contributed by atoms with van der Waals surface area (Å²) in [5, 5.41) is 44.9. The third-order valence-corrected chi connectivity index (χ3v) is 15.2. The van der Waals surface area contributed by atoms with Crippen molar-refractivity contribution in [3.05, 3.63) is 36.0 Å². The van der Waals surface area contributed by atoms with E-state index in [1.807, 2.05) is 0 Å². The highest BCUT2D eigenvalue weighted by Crippen LogP contribution is 2.88. The minimum atomic E-state index is -1.34. The van der Waals surface area contributed by atoms with Gasteiger partial charge in [0, 0.05) is 28.2 Å². The van der Waals surface area contributed by atoms with Crippen LogP contribution in [0.4, 0.5) is 0 Å². The number of aliphatic hydroxyl groups is 4. The fourth-order valence-corrected chi connectivity index (χ4v) is 12.9. The van der Waals surface area contributed by atoms with Gasteiger partial charge >= 0.3 is 5.97 Å². The highest BCUT2D eigenvalue weighted by molar-refractivity contribution is 5.82. The summed E-state index contributed by atoms with van der Waals surface area (Å²) < 4.78 is 31.6. The molecule has 0 aromatic carbocycles. The van der Waals surface area contributed by atoms with Crippen LogP contribution in [0.5, 0.6) is 0 Å². The summed E-state index contributed by atoms with van der Waals surface area (Å²) in [5.74, 6) is -1.31. The molecular weight excluding hydrogens is 628 g/mol. The molecule has 3 saturated carbocycles. The van der Waals surface area contributed by atoms with Gasteiger partial charge in [-0.25, -0.2) is 4.79 Å². The van der Waals surface area contributed by atoms with Gasteiger partial charge in [-0.15, -0.1) is 0 Å². The second-order valence-electron chi connectivity index (χ2n) is 18.4. The Morgan fingerprint density at radius 1 is 1.10 bits per heavy atom. The smallest absolute Gasteiger partial charge is 0.330 e. The number of ether oxygens (including phenoxy) is 5. The van der Waals surface area contributed by atoms with Crippen LogP contribution in [-0.2, 0) is 28.5 Å². The highest BCUT2D eigenvalue weighted by Gasteiger charge is 2.86. The standard InChI is InChI=1S/C39H56O10/c1-9-10-26(41)47-28-27(42)21(40)18-45-31(28)46-25-13-14-37-19-38(37)16-15-35(7)29-20(2)17-22-30(34(5,6)44)49-39(29,48-22)32(43)36(35,8)24(38)12-11-23(37)33(25,3)4/h9-10,12-14,20-23,25,27-32,40,42-44H,11,15-19H2,1-8H3/b10-9+/t20-,21+,22-,23?,25+,27+,28-,29-,30+,31+,32-,35-,36-,37-,38+,39+/m1/s1. The minimum Gasteiger partial charge on any atom is -0.451 e. The molecule has 1 unspecified atom stereocenters. The lowest BCUT2D eigenvalue weighted by Crippen LogP contribution is -2.58. The summed E-state index contributed by atoms with van der Waals surface area (Å²) in [6.45, 7) is 16.4. The van der Waals surface area contributed by atoms with Crippen LogP contribution in [0.3, 0.4) is 0 Å². The number of carbonyl (C=O) groups excluding carboxylic acids is 1. The molecule has 3 spiro atoms. The maximum absolute atomic E-state index is 12.7. The normalized spacial score (nSPS) is 55.1. The topological polar surface area (TPSA) is 144 Å². The first-order valence-electron chi connectivity index (χ1n) is 18.5. The molecule has 4 N–H and O–H groups in total. The van der Waals surface area contributed by atoms with Crippen molar-refractivity contribution in [3.8, 4) is 0 Å². The molecule has 10 heteroatoms. The van der Waals surface area contributed by atoms with E-state index >= 15 is 0 Å². The molecule has 0 aromatic rings. The van der Waals surface area contributed by atoms with Crippen molar-refractivity contribution in [2.45, 2.75) is 148 Å². The van der Waals surface area contributed by atoms with Gasteiger partial charge in [-0.05, 0) is 75.5 Å². The van der Waals surface area contributed by atoms with E-state index in [-0.39, 0.29) is 52.1 Å². The van der Waals surface area contributed by atoms with E-state index in [0.29, 0.717) is 0 Å². The molecule has 0 amide bonds. The van der Waals surface area contributed by atoms with Crippen molar-refractivity contribution in [2.24, 2.45) is 44.8 Å². The van der Waals surface area contributed by atoms with E-state index in [1.54, 1.807) is 26.8 Å². The molecule has 0 aromatic heterocycles. The van der Waals surface area contributed by atoms with Gasteiger partial charge in [-0.3, -0.25) is 0 Å². The monoisotopic (exact) mass is 684 g/mol. The largest absolute Gasteiger partial charge is 0.451 e. The molecule has 8 aliphatic rings. The molecule has 49 heavy (non-hydrogen) atoms. The van der Waals surface area contributed by atoms with Crippen molar-refractivity contribution in [1.82, 2.24) is 0 Å². The van der Waals surface area contributed by atoms with Gasteiger partial charge in [0.15, 0.2) is 18.2 Å². The first-order valence-corrected chi connectivity index (χ1v) is 18.5. The summed E-state index contributed by atoms with van der Waals surface area (Å²) in [5.41, 5.74) is -1.15. The molecule has 16 atom stereocenters. The number of fused-ring (bicyclic) bond motifs is 4. The van der Waals surface area contributed by atoms with Crippen LogP contribution in [0.25, 0.3) is 0 Å². The van der Waals surface area contributed by atoms with Gasteiger partial charge in [0.25, 0.3) is 0 Å². The van der Waals surface area contributed by atoms with Crippen molar-refractivity contribution < 1.29 is 48.9 Å². The van der Waals surface area contributed by atoms with Crippen LogP contribution in [-0.4, -0.2) is 93.4 Å². The fraction of sp³-hybridized carbons (Fsp3) is 0.821. The summed E-state index contributed by atoms with van der Waals surface area (Å²) in [6.07, 6.45) is 7.46. The van der Waals surface area contributed by atoms with E-state index in [2.05, 4.69) is 52.8 Å². The fourth-order valence-electron chi connectivity index (χ4n) is 12.9. The van der Waals surface area contributed by atoms with Crippen LogP contribution in [0.15, 0.2) is 36.0 Å². The predicted molar refractivity (Wildman–Crippen MR) is 177 cm³/mol. The number of hydrogen-bond donors (Lipinski definition) is 4. The van der Waals surface area contributed by atoms with E-state index in [0.717, 1.165) is 32.1 Å². The van der Waals surface area contributed by atoms with Gasteiger partial charge < -0.3 is 44.1 Å². The zero-order valence-electron chi connectivity index (χ0n) is 30.2. The van der Waals surface area contributed by atoms with E-state index < -0.39 is 65.7 Å². The molecule has 2 bridgehead atoms. The average Bonchev–Trinajstić information content (AvgIpc) is 3.53. The zero-order valence-corrected chi connectivity index (χ0v) is 30.2. The lowest BCUT2D eigenvalue weighted by atomic mass is 9.45. The molecule has 10 nitrogen and oxygen atoms in total. The van der Waals surface area contributed by atoms with Crippen molar-refractivity contribution in [3.63, 3.8) is 0 Å². The Bertz CT molecular complexity index is 1500. The van der Waals surface area contributed by atoms with E-state index in [9.17, 15) is 25.2 Å². The van der Waals surface area contributed by atoms with Crippen LogP contribution in [0, 0.1) is 44.8 Å².